The largest absolute Gasteiger partial charge is 0.386 e. The van der Waals surface area contributed by atoms with E-state index in [-0.39, 0.29) is 0 Å². The predicted molar refractivity (Wildman–Crippen MR) is 168 cm³/mol. The molecule has 4 nitrogen and oxygen atoms in total. The molecule has 1 aliphatic carbocycles. The first kappa shape index (κ1) is 27.7. The fourth-order valence-electron chi connectivity index (χ4n) is 6.19. The molecule has 0 bridgehead atoms. The van der Waals surface area contributed by atoms with Gasteiger partial charge in [0.2, 0.25) is 0 Å². The number of aliphatic hydroxyl groups excluding tert-OH is 1. The van der Waals surface area contributed by atoms with Crippen LogP contribution in [0.2, 0.25) is 0 Å². The van der Waals surface area contributed by atoms with Gasteiger partial charge in [-0.3, -0.25) is 0 Å². The van der Waals surface area contributed by atoms with Gasteiger partial charge in [0.15, 0.2) is 0 Å². The van der Waals surface area contributed by atoms with Crippen molar-refractivity contribution in [2.45, 2.75) is 71.4 Å². The van der Waals surface area contributed by atoms with Crippen LogP contribution in [0.3, 0.4) is 0 Å². The molecule has 4 aromatic carbocycles. The number of unbranched alkanes of at least 4 members (excludes halogenated alkanes) is 3. The van der Waals surface area contributed by atoms with Crippen molar-refractivity contribution in [1.82, 2.24) is 0 Å². The Morgan fingerprint density at radius 2 is 1.18 bits per heavy atom. The van der Waals surface area contributed by atoms with Gasteiger partial charge in [0.05, 0.1) is 0 Å². The summed E-state index contributed by atoms with van der Waals surface area (Å²) in [6.45, 7) is 6.79. The maximum absolute atomic E-state index is 11.8. The van der Waals surface area contributed by atoms with Crippen LogP contribution in [0, 0.1) is 0 Å². The van der Waals surface area contributed by atoms with E-state index in [1.807, 2.05) is 12.1 Å². The molecule has 1 N–H and O–H groups in total. The van der Waals surface area contributed by atoms with E-state index in [0.29, 0.717) is 0 Å². The molecular weight excluding hydrogens is 497 g/mol. The van der Waals surface area contributed by atoms with Crippen LogP contribution < -0.4 is 0 Å². The van der Waals surface area contributed by atoms with Crippen molar-refractivity contribution >= 4 is 28.6 Å². The summed E-state index contributed by atoms with van der Waals surface area (Å²) in [7, 11) is -1.59. The zero-order chi connectivity index (χ0) is 27.2. The second-order valence-corrected chi connectivity index (χ2v) is 14.7. The molecule has 0 aromatic heterocycles. The number of rotatable bonds is 11. The minimum absolute atomic E-state index is 0.501. The van der Waals surface area contributed by atoms with E-state index in [1.54, 1.807) is 0 Å². The monoisotopic (exact) mass is 539 g/mol. The molecule has 2 atom stereocenters. The standard InChI is InChI=1S/C34H42N3OP/c1-4-7-22-39(23-8-5-2,24-9-6-3)37-36-35-33-32-28-19-13-11-17-26(28)25-16-10-12-18-27(25)31(32)29-20-14-15-21-30(29)34(33)38/h10-21,33-34,38H,4-9,22-24H2,1-3H3/t33-,34-/m1/s1. The zero-order valence-electron chi connectivity index (χ0n) is 23.7. The van der Waals surface area contributed by atoms with E-state index in [2.05, 4.69) is 86.7 Å². The molecule has 5 rings (SSSR count). The summed E-state index contributed by atoms with van der Waals surface area (Å²) in [4.78, 5) is 5.13. The van der Waals surface area contributed by atoms with E-state index in [0.717, 1.165) is 46.1 Å². The Hall–Kier alpha value is -2.81. The Morgan fingerprint density at radius 3 is 1.79 bits per heavy atom. The molecule has 0 radical (unpaired) electrons. The second-order valence-electron chi connectivity index (χ2n) is 11.0. The molecule has 0 fully saturated rings. The van der Waals surface area contributed by atoms with Gasteiger partial charge in [-0.15, -0.1) is 0 Å². The lowest BCUT2D eigenvalue weighted by atomic mass is 9.76. The fraction of sp³-hybridized carbons (Fsp3) is 0.412. The Bertz CT molecular complexity index is 1500. The van der Waals surface area contributed by atoms with E-state index in [1.165, 1.54) is 54.7 Å². The highest BCUT2D eigenvalue weighted by Crippen LogP contribution is 2.54. The van der Waals surface area contributed by atoms with Gasteiger partial charge in [0.1, 0.15) is 12.1 Å². The molecule has 0 spiro atoms. The normalized spacial score (nSPS) is 17.0. The molecule has 4 aromatic rings. The first-order chi connectivity index (χ1) is 19.1. The van der Waals surface area contributed by atoms with Crippen LogP contribution >= 0.6 is 7.05 Å². The van der Waals surface area contributed by atoms with Crippen LogP contribution in [-0.4, -0.2) is 23.6 Å². The molecule has 5 heteroatoms. The Labute approximate surface area is 233 Å². The summed E-state index contributed by atoms with van der Waals surface area (Å²) in [5.41, 5.74) is 4.23. The van der Waals surface area contributed by atoms with Crippen molar-refractivity contribution in [3.05, 3.63) is 83.9 Å². The molecule has 0 saturated heterocycles. The fourth-order valence-corrected chi connectivity index (χ4v) is 10.1. The van der Waals surface area contributed by atoms with Crippen LogP contribution in [0.5, 0.6) is 0 Å². The Balaban J connectivity index is 1.71. The topological polar surface area (TPSA) is 57.3 Å². The molecule has 0 saturated carbocycles. The average Bonchev–Trinajstić information content (AvgIpc) is 2.99. The van der Waals surface area contributed by atoms with Gasteiger partial charge < -0.3 is 5.11 Å². The van der Waals surface area contributed by atoms with Gasteiger partial charge >= 0.3 is 0 Å². The van der Waals surface area contributed by atoms with Crippen LogP contribution in [-0.2, 0) is 0 Å². The number of hydrogen-bond acceptors (Lipinski definition) is 2. The molecule has 39 heavy (non-hydrogen) atoms. The lowest BCUT2D eigenvalue weighted by Crippen LogP contribution is -2.17. The van der Waals surface area contributed by atoms with Gasteiger partial charge in [-0.05, 0) is 81.5 Å². The first-order valence-corrected chi connectivity index (χ1v) is 17.1. The van der Waals surface area contributed by atoms with E-state index >= 15 is 0 Å². The molecule has 0 aliphatic heterocycles. The third kappa shape index (κ3) is 5.47. The summed E-state index contributed by atoms with van der Waals surface area (Å²) in [6, 6.07) is 24.9. The minimum atomic E-state index is -1.59. The second kappa shape index (κ2) is 12.6. The lowest BCUT2D eigenvalue weighted by Gasteiger charge is -2.31. The summed E-state index contributed by atoms with van der Waals surface area (Å²) < 4.78 is 0. The van der Waals surface area contributed by atoms with Gasteiger partial charge in [-0.2, -0.15) is 9.97 Å². The molecular formula is C34H42N3OP. The van der Waals surface area contributed by atoms with E-state index in [4.69, 9.17) is 9.97 Å². The van der Waals surface area contributed by atoms with Crippen LogP contribution in [0.1, 0.15) is 82.6 Å². The summed E-state index contributed by atoms with van der Waals surface area (Å²) in [5.74, 6) is 0. The number of nitrogens with zero attached hydrogens (tertiary/aromatic N) is 3. The van der Waals surface area contributed by atoms with Gasteiger partial charge in [-0.1, -0.05) is 118 Å². The molecule has 0 heterocycles. The lowest BCUT2D eigenvalue weighted by molar-refractivity contribution is 0.143. The SMILES string of the molecule is CCCCP(CCCC)(CCCC)=NN=N[C@@H]1c2c(c3ccccc3c3ccccc23)-c2ccccc2[C@H]1O. The van der Waals surface area contributed by atoms with Crippen molar-refractivity contribution in [1.29, 1.82) is 0 Å². The van der Waals surface area contributed by atoms with Crippen LogP contribution in [0.15, 0.2) is 88.0 Å². The third-order valence-electron chi connectivity index (χ3n) is 8.31. The maximum Gasteiger partial charge on any atom is 0.129 e. The minimum Gasteiger partial charge on any atom is -0.386 e. The number of hydrogen-bond donors (Lipinski definition) is 1. The van der Waals surface area contributed by atoms with Crippen molar-refractivity contribution in [2.75, 3.05) is 18.5 Å². The Morgan fingerprint density at radius 1 is 0.667 bits per heavy atom. The van der Waals surface area contributed by atoms with Crippen LogP contribution in [0.4, 0.5) is 0 Å². The zero-order valence-corrected chi connectivity index (χ0v) is 24.6. The van der Waals surface area contributed by atoms with E-state index in [9.17, 15) is 5.11 Å². The number of aliphatic hydroxyl groups is 1. The highest BCUT2D eigenvalue weighted by Gasteiger charge is 2.35. The van der Waals surface area contributed by atoms with Gasteiger partial charge in [0.25, 0.3) is 0 Å². The maximum atomic E-state index is 11.8. The van der Waals surface area contributed by atoms with Crippen molar-refractivity contribution < 1.29 is 5.11 Å². The summed E-state index contributed by atoms with van der Waals surface area (Å²) in [6.07, 6.45) is 9.81. The molecule has 0 unspecified atom stereocenters. The number of fused-ring (bicyclic) bond motifs is 8. The first-order valence-electron chi connectivity index (χ1n) is 14.8. The average molecular weight is 540 g/mol. The van der Waals surface area contributed by atoms with Crippen molar-refractivity contribution in [2.24, 2.45) is 15.2 Å². The van der Waals surface area contributed by atoms with E-state index < -0.39 is 19.2 Å². The van der Waals surface area contributed by atoms with Gasteiger partial charge in [0, 0.05) is 7.05 Å². The van der Waals surface area contributed by atoms with Crippen molar-refractivity contribution in [3.8, 4) is 11.1 Å². The quantitative estimate of drug-likeness (QED) is 0.0876. The highest BCUT2D eigenvalue weighted by atomic mass is 31.2. The number of benzene rings is 4. The third-order valence-corrected chi connectivity index (χ3v) is 12.2. The molecule has 204 valence electrons. The smallest absolute Gasteiger partial charge is 0.129 e. The van der Waals surface area contributed by atoms with Crippen LogP contribution in [0.25, 0.3) is 32.7 Å². The summed E-state index contributed by atoms with van der Waals surface area (Å²) in [5, 5.41) is 26.1. The highest BCUT2D eigenvalue weighted by molar-refractivity contribution is 7.66. The predicted octanol–water partition coefficient (Wildman–Crippen LogP) is 10.7. The van der Waals surface area contributed by atoms with Crippen molar-refractivity contribution in [3.63, 3.8) is 0 Å². The van der Waals surface area contributed by atoms with Gasteiger partial charge in [-0.25, -0.2) is 0 Å². The summed E-state index contributed by atoms with van der Waals surface area (Å²) >= 11 is 0. The molecule has 1 aliphatic rings. The molecule has 0 amide bonds. The Kier molecular flexibility index (Phi) is 8.95.